The van der Waals surface area contributed by atoms with Crippen molar-refractivity contribution in [1.82, 2.24) is 5.32 Å². The molecule has 0 aromatic rings. The summed E-state index contributed by atoms with van der Waals surface area (Å²) in [5.74, 6) is 0.962. The van der Waals surface area contributed by atoms with Crippen molar-refractivity contribution in [2.75, 3.05) is 19.7 Å². The van der Waals surface area contributed by atoms with Crippen molar-refractivity contribution in [3.05, 3.63) is 0 Å². The summed E-state index contributed by atoms with van der Waals surface area (Å²) in [5.41, 5.74) is -0.00107. The number of rotatable bonds is 8. The van der Waals surface area contributed by atoms with E-state index >= 15 is 0 Å². The third-order valence-corrected chi connectivity index (χ3v) is 3.22. The Hall–Kier alpha value is -0.0800. The van der Waals surface area contributed by atoms with Crippen LogP contribution in [-0.4, -0.2) is 25.3 Å². The zero-order valence-corrected chi connectivity index (χ0v) is 10.6. The summed E-state index contributed by atoms with van der Waals surface area (Å²) < 4.78 is 5.92. The van der Waals surface area contributed by atoms with Crippen LogP contribution in [0.25, 0.3) is 0 Å². The van der Waals surface area contributed by atoms with E-state index in [1.54, 1.807) is 0 Å². The Morgan fingerprint density at radius 3 is 2.60 bits per heavy atom. The number of hydrogen-bond donors (Lipinski definition) is 1. The second-order valence-corrected chi connectivity index (χ2v) is 5.37. The monoisotopic (exact) mass is 213 g/mol. The second-order valence-electron chi connectivity index (χ2n) is 5.37. The first kappa shape index (κ1) is 13.0. The van der Waals surface area contributed by atoms with Crippen molar-refractivity contribution < 1.29 is 4.74 Å². The SMILES string of the molecule is CCCNCC(C)(C)OCCC1CCC1. The molecule has 0 spiro atoms. The van der Waals surface area contributed by atoms with Crippen LogP contribution in [0.4, 0.5) is 0 Å². The van der Waals surface area contributed by atoms with Gasteiger partial charge in [-0.25, -0.2) is 0 Å². The van der Waals surface area contributed by atoms with E-state index in [-0.39, 0.29) is 5.60 Å². The van der Waals surface area contributed by atoms with Gasteiger partial charge in [-0.1, -0.05) is 26.2 Å². The number of ether oxygens (including phenoxy) is 1. The molecule has 0 unspecified atom stereocenters. The summed E-state index contributed by atoms with van der Waals surface area (Å²) >= 11 is 0. The van der Waals surface area contributed by atoms with Crippen LogP contribution in [0.1, 0.15) is 52.9 Å². The van der Waals surface area contributed by atoms with E-state index in [1.165, 1.54) is 32.1 Å². The third kappa shape index (κ3) is 5.53. The topological polar surface area (TPSA) is 21.3 Å². The summed E-state index contributed by atoms with van der Waals surface area (Å²) in [6, 6.07) is 0. The molecule has 0 bridgehead atoms. The van der Waals surface area contributed by atoms with Crippen LogP contribution < -0.4 is 5.32 Å². The van der Waals surface area contributed by atoms with Gasteiger partial charge in [0.1, 0.15) is 0 Å². The van der Waals surface area contributed by atoms with Gasteiger partial charge in [0, 0.05) is 13.2 Å². The maximum Gasteiger partial charge on any atom is 0.0750 e. The van der Waals surface area contributed by atoms with Gasteiger partial charge in [-0.2, -0.15) is 0 Å². The highest BCUT2D eigenvalue weighted by atomic mass is 16.5. The number of nitrogens with one attached hydrogen (secondary N) is 1. The summed E-state index contributed by atoms with van der Waals surface area (Å²) in [5, 5.41) is 3.42. The molecule has 0 saturated heterocycles. The standard InChI is InChI=1S/C13H27NO/c1-4-9-14-11-13(2,3)15-10-8-12-6-5-7-12/h12,14H,4-11H2,1-3H3. The van der Waals surface area contributed by atoms with E-state index in [9.17, 15) is 0 Å². The zero-order chi connectivity index (χ0) is 11.1. The lowest BCUT2D eigenvalue weighted by Crippen LogP contribution is -2.38. The van der Waals surface area contributed by atoms with Gasteiger partial charge >= 0.3 is 0 Å². The van der Waals surface area contributed by atoms with Gasteiger partial charge in [-0.3, -0.25) is 0 Å². The van der Waals surface area contributed by atoms with Gasteiger partial charge in [0.25, 0.3) is 0 Å². The Labute approximate surface area is 94.8 Å². The fourth-order valence-corrected chi connectivity index (χ4v) is 1.90. The Morgan fingerprint density at radius 2 is 2.07 bits per heavy atom. The van der Waals surface area contributed by atoms with Crippen LogP contribution in [0, 0.1) is 5.92 Å². The lowest BCUT2D eigenvalue weighted by Gasteiger charge is -2.29. The average molecular weight is 213 g/mol. The molecule has 0 aromatic carbocycles. The van der Waals surface area contributed by atoms with Gasteiger partial charge in [0.15, 0.2) is 0 Å². The van der Waals surface area contributed by atoms with Crippen LogP contribution in [0.15, 0.2) is 0 Å². The van der Waals surface area contributed by atoms with E-state index in [0.29, 0.717) is 0 Å². The molecule has 1 aliphatic carbocycles. The highest BCUT2D eigenvalue weighted by Crippen LogP contribution is 2.29. The van der Waals surface area contributed by atoms with Gasteiger partial charge in [-0.15, -0.1) is 0 Å². The lowest BCUT2D eigenvalue weighted by atomic mass is 9.83. The van der Waals surface area contributed by atoms with Crippen molar-refractivity contribution in [3.8, 4) is 0 Å². The highest BCUT2D eigenvalue weighted by Gasteiger charge is 2.21. The zero-order valence-electron chi connectivity index (χ0n) is 10.6. The summed E-state index contributed by atoms with van der Waals surface area (Å²) in [6.45, 7) is 9.54. The van der Waals surface area contributed by atoms with Crippen LogP contribution >= 0.6 is 0 Å². The van der Waals surface area contributed by atoms with Gasteiger partial charge in [-0.05, 0) is 39.2 Å². The summed E-state index contributed by atoms with van der Waals surface area (Å²) in [4.78, 5) is 0. The molecular weight excluding hydrogens is 186 g/mol. The summed E-state index contributed by atoms with van der Waals surface area (Å²) in [7, 11) is 0. The molecule has 90 valence electrons. The molecule has 1 fully saturated rings. The normalized spacial score (nSPS) is 17.8. The maximum atomic E-state index is 5.92. The van der Waals surface area contributed by atoms with E-state index in [0.717, 1.165) is 25.6 Å². The predicted molar refractivity (Wildman–Crippen MR) is 65.1 cm³/mol. The van der Waals surface area contributed by atoms with E-state index in [1.807, 2.05) is 0 Å². The third-order valence-electron chi connectivity index (χ3n) is 3.22. The molecule has 0 atom stereocenters. The van der Waals surface area contributed by atoms with Crippen molar-refractivity contribution in [3.63, 3.8) is 0 Å². The predicted octanol–water partition coefficient (Wildman–Crippen LogP) is 2.97. The molecule has 2 nitrogen and oxygen atoms in total. The maximum absolute atomic E-state index is 5.92. The first-order valence-electron chi connectivity index (χ1n) is 6.49. The Bertz CT molecular complexity index is 164. The van der Waals surface area contributed by atoms with Crippen LogP contribution in [0.2, 0.25) is 0 Å². The van der Waals surface area contributed by atoms with E-state index in [2.05, 4.69) is 26.1 Å². The Morgan fingerprint density at radius 1 is 1.33 bits per heavy atom. The average Bonchev–Trinajstić information content (AvgIpc) is 2.10. The Balaban J connectivity index is 2.00. The Kier molecular flexibility index (Phi) is 5.62. The lowest BCUT2D eigenvalue weighted by molar-refractivity contribution is -0.0255. The highest BCUT2D eigenvalue weighted by molar-refractivity contribution is 4.73. The number of hydrogen-bond acceptors (Lipinski definition) is 2. The minimum Gasteiger partial charge on any atom is -0.374 e. The molecule has 15 heavy (non-hydrogen) atoms. The molecule has 2 heteroatoms. The molecule has 0 aromatic heterocycles. The molecule has 0 amide bonds. The molecule has 0 heterocycles. The molecule has 0 radical (unpaired) electrons. The largest absolute Gasteiger partial charge is 0.374 e. The minimum absolute atomic E-state index is 0.00107. The van der Waals surface area contributed by atoms with E-state index < -0.39 is 0 Å². The molecule has 1 aliphatic rings. The first-order chi connectivity index (χ1) is 7.14. The first-order valence-corrected chi connectivity index (χ1v) is 6.49. The minimum atomic E-state index is -0.00107. The van der Waals surface area contributed by atoms with Crippen molar-refractivity contribution >= 4 is 0 Å². The smallest absolute Gasteiger partial charge is 0.0750 e. The molecule has 0 aliphatic heterocycles. The quantitative estimate of drug-likeness (QED) is 0.626. The summed E-state index contributed by atoms with van der Waals surface area (Å²) in [6.07, 6.45) is 6.75. The molecule has 1 saturated carbocycles. The van der Waals surface area contributed by atoms with Gasteiger partial charge in [0.2, 0.25) is 0 Å². The molecule has 1 rings (SSSR count). The fraction of sp³-hybridized carbons (Fsp3) is 1.00. The molecule has 1 N–H and O–H groups in total. The van der Waals surface area contributed by atoms with Crippen molar-refractivity contribution in [2.24, 2.45) is 5.92 Å². The van der Waals surface area contributed by atoms with Crippen LogP contribution in [-0.2, 0) is 4.74 Å². The van der Waals surface area contributed by atoms with Gasteiger partial charge in [0.05, 0.1) is 5.60 Å². The van der Waals surface area contributed by atoms with Crippen LogP contribution in [0.3, 0.4) is 0 Å². The van der Waals surface area contributed by atoms with Crippen LogP contribution in [0.5, 0.6) is 0 Å². The van der Waals surface area contributed by atoms with Crippen molar-refractivity contribution in [1.29, 1.82) is 0 Å². The van der Waals surface area contributed by atoms with Gasteiger partial charge < -0.3 is 10.1 Å². The van der Waals surface area contributed by atoms with Crippen molar-refractivity contribution in [2.45, 2.75) is 58.5 Å². The second kappa shape index (κ2) is 6.49. The fourth-order valence-electron chi connectivity index (χ4n) is 1.90. The molecular formula is C13H27NO. The van der Waals surface area contributed by atoms with E-state index in [4.69, 9.17) is 4.74 Å².